The zero-order chi connectivity index (χ0) is 12.5. The van der Waals surface area contributed by atoms with Gasteiger partial charge in [-0.25, -0.2) is 4.98 Å². The molecule has 0 amide bonds. The number of nitrogens with two attached hydrogens (primary N) is 1. The average Bonchev–Trinajstić information content (AvgIpc) is 3.11. The SMILES string of the molecule is NC(=S)c1ccnc(NC2CCOC2C2CC2)c1. The molecular weight excluding hydrogens is 246 g/mol. The summed E-state index contributed by atoms with van der Waals surface area (Å²) in [6.07, 6.45) is 5.71. The summed E-state index contributed by atoms with van der Waals surface area (Å²) in [6.45, 7) is 0.841. The average molecular weight is 263 g/mol. The van der Waals surface area contributed by atoms with Crippen molar-refractivity contribution in [1.29, 1.82) is 0 Å². The summed E-state index contributed by atoms with van der Waals surface area (Å²) in [5, 5.41) is 3.46. The van der Waals surface area contributed by atoms with Gasteiger partial charge < -0.3 is 15.8 Å². The van der Waals surface area contributed by atoms with Crippen molar-refractivity contribution in [2.45, 2.75) is 31.4 Å². The second-order valence-corrected chi connectivity index (χ2v) is 5.45. The third-order valence-electron chi connectivity index (χ3n) is 3.60. The summed E-state index contributed by atoms with van der Waals surface area (Å²) < 4.78 is 5.80. The largest absolute Gasteiger partial charge is 0.389 e. The molecule has 1 aliphatic heterocycles. The third-order valence-corrected chi connectivity index (χ3v) is 3.84. The predicted octanol–water partition coefficient (Wildman–Crippen LogP) is 1.70. The molecule has 0 radical (unpaired) electrons. The minimum Gasteiger partial charge on any atom is -0.389 e. The highest BCUT2D eigenvalue weighted by Crippen LogP contribution is 2.39. The molecule has 18 heavy (non-hydrogen) atoms. The highest BCUT2D eigenvalue weighted by atomic mass is 32.1. The molecule has 3 N–H and O–H groups in total. The van der Waals surface area contributed by atoms with E-state index in [2.05, 4.69) is 10.3 Å². The molecule has 96 valence electrons. The first-order chi connectivity index (χ1) is 8.74. The molecule has 5 heteroatoms. The van der Waals surface area contributed by atoms with Gasteiger partial charge in [-0.2, -0.15) is 0 Å². The molecule has 2 fully saturated rings. The van der Waals surface area contributed by atoms with Gasteiger partial charge in [-0.15, -0.1) is 0 Å². The number of nitrogens with one attached hydrogen (secondary N) is 1. The van der Waals surface area contributed by atoms with Crippen LogP contribution in [0.5, 0.6) is 0 Å². The number of thiocarbonyl (C=S) groups is 1. The summed E-state index contributed by atoms with van der Waals surface area (Å²) in [4.78, 5) is 4.72. The highest BCUT2D eigenvalue weighted by molar-refractivity contribution is 7.80. The van der Waals surface area contributed by atoms with E-state index in [4.69, 9.17) is 22.7 Å². The minimum absolute atomic E-state index is 0.347. The minimum atomic E-state index is 0.347. The van der Waals surface area contributed by atoms with Gasteiger partial charge in [0.15, 0.2) is 0 Å². The topological polar surface area (TPSA) is 60.2 Å². The van der Waals surface area contributed by atoms with Crippen molar-refractivity contribution in [3.05, 3.63) is 23.9 Å². The van der Waals surface area contributed by atoms with Crippen LogP contribution < -0.4 is 11.1 Å². The molecule has 2 atom stereocenters. The Balaban J connectivity index is 1.71. The maximum Gasteiger partial charge on any atom is 0.126 e. The Morgan fingerprint density at radius 2 is 2.28 bits per heavy atom. The van der Waals surface area contributed by atoms with Crippen LogP contribution in [0.1, 0.15) is 24.8 Å². The smallest absolute Gasteiger partial charge is 0.126 e. The molecule has 4 nitrogen and oxygen atoms in total. The van der Waals surface area contributed by atoms with Crippen LogP contribution in [-0.2, 0) is 4.74 Å². The molecule has 0 aromatic carbocycles. The van der Waals surface area contributed by atoms with Crippen molar-refractivity contribution in [2.24, 2.45) is 11.7 Å². The summed E-state index contributed by atoms with van der Waals surface area (Å²) in [6, 6.07) is 4.10. The lowest BCUT2D eigenvalue weighted by molar-refractivity contribution is 0.0898. The molecule has 1 aliphatic carbocycles. The van der Waals surface area contributed by atoms with E-state index in [9.17, 15) is 0 Å². The molecule has 2 heterocycles. The van der Waals surface area contributed by atoms with Crippen LogP contribution in [-0.4, -0.2) is 28.7 Å². The maximum absolute atomic E-state index is 5.80. The Kier molecular flexibility index (Phi) is 3.18. The van der Waals surface area contributed by atoms with Crippen molar-refractivity contribution >= 4 is 23.0 Å². The standard InChI is InChI=1S/C13H17N3OS/c14-13(18)9-3-5-15-11(7-9)16-10-4-6-17-12(10)8-1-2-8/h3,5,7-8,10,12H,1-2,4,6H2,(H2,14,18)(H,15,16). The van der Waals surface area contributed by atoms with Gasteiger partial charge in [0.25, 0.3) is 0 Å². The number of hydrogen-bond donors (Lipinski definition) is 2. The fourth-order valence-corrected chi connectivity index (χ4v) is 2.63. The number of ether oxygens (including phenoxy) is 1. The zero-order valence-corrected chi connectivity index (χ0v) is 11.0. The first-order valence-corrected chi connectivity index (χ1v) is 6.79. The van der Waals surface area contributed by atoms with Crippen molar-refractivity contribution in [3.63, 3.8) is 0 Å². The van der Waals surface area contributed by atoms with Gasteiger partial charge >= 0.3 is 0 Å². The fourth-order valence-electron chi connectivity index (χ4n) is 2.51. The summed E-state index contributed by atoms with van der Waals surface area (Å²) >= 11 is 4.98. The normalized spacial score (nSPS) is 27.1. The monoisotopic (exact) mass is 263 g/mol. The quantitative estimate of drug-likeness (QED) is 0.810. The first kappa shape index (κ1) is 11.9. The van der Waals surface area contributed by atoms with E-state index in [1.807, 2.05) is 12.1 Å². The lowest BCUT2D eigenvalue weighted by Gasteiger charge is -2.20. The molecule has 1 aromatic rings. The van der Waals surface area contributed by atoms with Crippen LogP contribution in [0.25, 0.3) is 0 Å². The summed E-state index contributed by atoms with van der Waals surface area (Å²) in [5.41, 5.74) is 6.48. The fraction of sp³-hybridized carbons (Fsp3) is 0.538. The molecule has 1 saturated carbocycles. The van der Waals surface area contributed by atoms with Gasteiger partial charge in [-0.1, -0.05) is 12.2 Å². The molecule has 2 aliphatic rings. The second-order valence-electron chi connectivity index (χ2n) is 5.01. The Hall–Kier alpha value is -1.20. The number of anilines is 1. The highest BCUT2D eigenvalue weighted by Gasteiger charge is 2.40. The van der Waals surface area contributed by atoms with Gasteiger partial charge in [-0.3, -0.25) is 0 Å². The molecule has 3 rings (SSSR count). The lowest BCUT2D eigenvalue weighted by atomic mass is 10.1. The van der Waals surface area contributed by atoms with Crippen LogP contribution in [0.15, 0.2) is 18.3 Å². The van der Waals surface area contributed by atoms with E-state index in [-0.39, 0.29) is 0 Å². The van der Waals surface area contributed by atoms with E-state index in [1.165, 1.54) is 12.8 Å². The van der Waals surface area contributed by atoms with Gasteiger partial charge in [0.2, 0.25) is 0 Å². The number of pyridine rings is 1. The molecular formula is C13H17N3OS. The van der Waals surface area contributed by atoms with E-state index in [0.29, 0.717) is 17.1 Å². The number of hydrogen-bond acceptors (Lipinski definition) is 4. The maximum atomic E-state index is 5.80. The lowest BCUT2D eigenvalue weighted by Crippen LogP contribution is -2.31. The van der Waals surface area contributed by atoms with E-state index < -0.39 is 0 Å². The molecule has 1 saturated heterocycles. The van der Waals surface area contributed by atoms with Crippen LogP contribution in [0.4, 0.5) is 5.82 Å². The van der Waals surface area contributed by atoms with Crippen LogP contribution in [0, 0.1) is 5.92 Å². The second kappa shape index (κ2) is 4.82. The van der Waals surface area contributed by atoms with Crippen molar-refractivity contribution in [3.8, 4) is 0 Å². The van der Waals surface area contributed by atoms with Crippen LogP contribution in [0.3, 0.4) is 0 Å². The summed E-state index contributed by atoms with van der Waals surface area (Å²) in [5.74, 6) is 1.57. The van der Waals surface area contributed by atoms with Crippen LogP contribution >= 0.6 is 12.2 Å². The molecule has 1 aromatic heterocycles. The van der Waals surface area contributed by atoms with Crippen molar-refractivity contribution < 1.29 is 4.74 Å². The Morgan fingerprint density at radius 1 is 1.44 bits per heavy atom. The van der Waals surface area contributed by atoms with Gasteiger partial charge in [0.1, 0.15) is 10.8 Å². The Labute approximate surface area is 112 Å². The summed E-state index contributed by atoms with van der Waals surface area (Å²) in [7, 11) is 0. The molecule has 0 spiro atoms. The Bertz CT molecular complexity index is 461. The number of aromatic nitrogens is 1. The Morgan fingerprint density at radius 3 is 3.00 bits per heavy atom. The molecule has 2 unspecified atom stereocenters. The predicted molar refractivity (Wildman–Crippen MR) is 74.6 cm³/mol. The third kappa shape index (κ3) is 2.47. The zero-order valence-electron chi connectivity index (χ0n) is 10.1. The van der Waals surface area contributed by atoms with Gasteiger partial charge in [0.05, 0.1) is 12.1 Å². The first-order valence-electron chi connectivity index (χ1n) is 6.38. The molecule has 0 bridgehead atoms. The number of rotatable bonds is 4. The van der Waals surface area contributed by atoms with Crippen molar-refractivity contribution in [2.75, 3.05) is 11.9 Å². The van der Waals surface area contributed by atoms with Gasteiger partial charge in [-0.05, 0) is 37.3 Å². The number of nitrogens with zero attached hydrogens (tertiary/aromatic N) is 1. The van der Waals surface area contributed by atoms with E-state index in [0.717, 1.165) is 30.3 Å². The van der Waals surface area contributed by atoms with E-state index >= 15 is 0 Å². The van der Waals surface area contributed by atoms with Gasteiger partial charge in [0, 0.05) is 18.4 Å². The van der Waals surface area contributed by atoms with Crippen LogP contribution in [0.2, 0.25) is 0 Å². The van der Waals surface area contributed by atoms with E-state index in [1.54, 1.807) is 6.20 Å². The van der Waals surface area contributed by atoms with Crippen molar-refractivity contribution in [1.82, 2.24) is 4.98 Å².